The maximum absolute atomic E-state index is 13.6. The Morgan fingerprint density at radius 3 is 2.82 bits per heavy atom. The van der Waals surface area contributed by atoms with Gasteiger partial charge in [0, 0.05) is 23.7 Å². The Morgan fingerprint density at radius 2 is 2.24 bits per heavy atom. The Morgan fingerprint density at radius 1 is 1.47 bits per heavy atom. The highest BCUT2D eigenvalue weighted by Gasteiger charge is 2.10. The lowest BCUT2D eigenvalue weighted by molar-refractivity contribution is 0.137. The molecule has 0 heterocycles. The van der Waals surface area contributed by atoms with Gasteiger partial charge in [-0.2, -0.15) is 0 Å². The summed E-state index contributed by atoms with van der Waals surface area (Å²) >= 11 is 3.26. The highest BCUT2D eigenvalue weighted by atomic mass is 79.9. The van der Waals surface area contributed by atoms with Gasteiger partial charge >= 0.3 is 0 Å². The topological polar surface area (TPSA) is 21.3 Å². The minimum absolute atomic E-state index is 0.156. The molecule has 0 saturated carbocycles. The molecule has 2 nitrogen and oxygen atoms in total. The van der Waals surface area contributed by atoms with Gasteiger partial charge in [0.05, 0.1) is 0 Å². The van der Waals surface area contributed by atoms with Crippen LogP contribution < -0.4 is 5.32 Å². The molecule has 0 aliphatic rings. The summed E-state index contributed by atoms with van der Waals surface area (Å²) in [5, 5.41) is 3.19. The quantitative estimate of drug-likeness (QED) is 0.781. The molecule has 0 saturated heterocycles. The first-order valence-corrected chi connectivity index (χ1v) is 6.65. The molecule has 0 aliphatic carbocycles. The van der Waals surface area contributed by atoms with Crippen molar-refractivity contribution in [2.24, 2.45) is 0 Å². The summed E-state index contributed by atoms with van der Waals surface area (Å²) in [6.07, 6.45) is 1.57. The summed E-state index contributed by atoms with van der Waals surface area (Å²) in [6, 6.07) is 5.44. The summed E-state index contributed by atoms with van der Waals surface area (Å²) in [5.74, 6) is -0.156. The summed E-state index contributed by atoms with van der Waals surface area (Å²) < 4.78 is 19.7. The standard InChI is InChI=1S/C13H19BrFNO/c1-3-17-7-6-12(16-2)8-10-4-5-11(14)9-13(10)15/h4-5,9,12,16H,3,6-8H2,1-2H3. The molecular formula is C13H19BrFNO. The zero-order valence-electron chi connectivity index (χ0n) is 10.3. The number of hydrogen-bond acceptors (Lipinski definition) is 2. The Bertz CT molecular complexity index is 346. The van der Waals surface area contributed by atoms with E-state index < -0.39 is 0 Å². The van der Waals surface area contributed by atoms with E-state index in [1.54, 1.807) is 0 Å². The molecule has 96 valence electrons. The predicted octanol–water partition coefficient (Wildman–Crippen LogP) is 3.15. The maximum atomic E-state index is 13.6. The van der Waals surface area contributed by atoms with Crippen molar-refractivity contribution in [2.45, 2.75) is 25.8 Å². The van der Waals surface area contributed by atoms with Crippen molar-refractivity contribution in [3.05, 3.63) is 34.1 Å². The van der Waals surface area contributed by atoms with E-state index in [-0.39, 0.29) is 11.9 Å². The number of halogens is 2. The monoisotopic (exact) mass is 303 g/mol. The molecule has 1 aromatic rings. The molecule has 0 spiro atoms. The van der Waals surface area contributed by atoms with Gasteiger partial charge in [0.2, 0.25) is 0 Å². The lowest BCUT2D eigenvalue weighted by atomic mass is 10.0. The molecule has 1 N–H and O–H groups in total. The maximum Gasteiger partial charge on any atom is 0.127 e. The fourth-order valence-electron chi connectivity index (χ4n) is 1.67. The van der Waals surface area contributed by atoms with Crippen LogP contribution in [0, 0.1) is 5.82 Å². The van der Waals surface area contributed by atoms with Gasteiger partial charge in [0.15, 0.2) is 0 Å². The molecule has 4 heteroatoms. The first-order chi connectivity index (χ1) is 8.17. The summed E-state index contributed by atoms with van der Waals surface area (Å²) in [4.78, 5) is 0. The molecule has 17 heavy (non-hydrogen) atoms. The van der Waals surface area contributed by atoms with Gasteiger partial charge in [-0.25, -0.2) is 4.39 Å². The SMILES string of the molecule is CCOCCC(Cc1ccc(Br)cc1F)NC. The lowest BCUT2D eigenvalue weighted by Crippen LogP contribution is -2.29. The molecule has 0 aromatic heterocycles. The van der Waals surface area contributed by atoms with Gasteiger partial charge in [-0.3, -0.25) is 0 Å². The van der Waals surface area contributed by atoms with E-state index in [2.05, 4.69) is 21.2 Å². The number of benzene rings is 1. The summed E-state index contributed by atoms with van der Waals surface area (Å²) in [5.41, 5.74) is 0.740. The first kappa shape index (κ1) is 14.6. The highest BCUT2D eigenvalue weighted by molar-refractivity contribution is 9.10. The van der Waals surface area contributed by atoms with Gasteiger partial charge in [-0.15, -0.1) is 0 Å². The molecule has 1 aromatic carbocycles. The smallest absolute Gasteiger partial charge is 0.127 e. The fraction of sp³-hybridized carbons (Fsp3) is 0.538. The van der Waals surface area contributed by atoms with Gasteiger partial charge in [0.1, 0.15) is 5.82 Å². The van der Waals surface area contributed by atoms with E-state index >= 15 is 0 Å². The number of hydrogen-bond donors (Lipinski definition) is 1. The number of ether oxygens (including phenoxy) is 1. The minimum Gasteiger partial charge on any atom is -0.382 e. The third-order valence-corrected chi connectivity index (χ3v) is 3.20. The average Bonchev–Trinajstić information content (AvgIpc) is 2.31. The van der Waals surface area contributed by atoms with Crippen LogP contribution in [0.3, 0.4) is 0 Å². The third-order valence-electron chi connectivity index (χ3n) is 2.70. The Balaban J connectivity index is 2.54. The van der Waals surface area contributed by atoms with Crippen LogP contribution in [-0.2, 0) is 11.2 Å². The van der Waals surface area contributed by atoms with E-state index in [9.17, 15) is 4.39 Å². The van der Waals surface area contributed by atoms with Gasteiger partial charge in [-0.05, 0) is 44.5 Å². The van der Waals surface area contributed by atoms with E-state index in [1.807, 2.05) is 26.1 Å². The van der Waals surface area contributed by atoms with Crippen LogP contribution in [-0.4, -0.2) is 26.3 Å². The second-order valence-corrected chi connectivity index (χ2v) is 4.83. The molecule has 1 unspecified atom stereocenters. The van der Waals surface area contributed by atoms with E-state index in [4.69, 9.17) is 4.74 Å². The Labute approximate surface area is 111 Å². The fourth-order valence-corrected chi connectivity index (χ4v) is 2.00. The van der Waals surface area contributed by atoms with Crippen LogP contribution in [0.5, 0.6) is 0 Å². The normalized spacial score (nSPS) is 12.7. The van der Waals surface area contributed by atoms with Crippen molar-refractivity contribution >= 4 is 15.9 Å². The Hall–Kier alpha value is -0.450. The van der Waals surface area contributed by atoms with Crippen LogP contribution >= 0.6 is 15.9 Å². The van der Waals surface area contributed by atoms with Crippen molar-refractivity contribution in [1.29, 1.82) is 0 Å². The zero-order chi connectivity index (χ0) is 12.7. The molecule has 0 aliphatic heterocycles. The van der Waals surface area contributed by atoms with Crippen molar-refractivity contribution in [3.63, 3.8) is 0 Å². The number of likely N-dealkylation sites (N-methyl/N-ethyl adjacent to an activating group) is 1. The van der Waals surface area contributed by atoms with E-state index in [0.29, 0.717) is 13.0 Å². The van der Waals surface area contributed by atoms with Crippen LogP contribution in [0.25, 0.3) is 0 Å². The predicted molar refractivity (Wildman–Crippen MR) is 71.8 cm³/mol. The van der Waals surface area contributed by atoms with Crippen molar-refractivity contribution in [3.8, 4) is 0 Å². The average molecular weight is 304 g/mol. The molecule has 0 fully saturated rings. The third kappa shape index (κ3) is 5.15. The number of rotatable bonds is 7. The molecule has 0 amide bonds. The van der Waals surface area contributed by atoms with Crippen molar-refractivity contribution < 1.29 is 9.13 Å². The van der Waals surface area contributed by atoms with Gasteiger partial charge < -0.3 is 10.1 Å². The van der Waals surface area contributed by atoms with Crippen LogP contribution in [0.4, 0.5) is 4.39 Å². The van der Waals surface area contributed by atoms with E-state index in [1.165, 1.54) is 6.07 Å². The molecule has 0 bridgehead atoms. The van der Waals surface area contributed by atoms with Crippen LogP contribution in [0.1, 0.15) is 18.9 Å². The Kier molecular flexibility index (Phi) is 6.70. The van der Waals surface area contributed by atoms with E-state index in [0.717, 1.165) is 23.1 Å². The van der Waals surface area contributed by atoms with Gasteiger partial charge in [0.25, 0.3) is 0 Å². The van der Waals surface area contributed by atoms with Crippen LogP contribution in [0.15, 0.2) is 22.7 Å². The second kappa shape index (κ2) is 7.80. The zero-order valence-corrected chi connectivity index (χ0v) is 11.9. The van der Waals surface area contributed by atoms with Gasteiger partial charge in [-0.1, -0.05) is 22.0 Å². The molecule has 1 rings (SSSR count). The lowest BCUT2D eigenvalue weighted by Gasteiger charge is -2.16. The van der Waals surface area contributed by atoms with Crippen molar-refractivity contribution in [1.82, 2.24) is 5.32 Å². The molecular weight excluding hydrogens is 285 g/mol. The first-order valence-electron chi connectivity index (χ1n) is 5.86. The number of nitrogens with one attached hydrogen (secondary N) is 1. The molecule has 0 radical (unpaired) electrons. The minimum atomic E-state index is -0.156. The van der Waals surface area contributed by atoms with Crippen LogP contribution in [0.2, 0.25) is 0 Å². The second-order valence-electron chi connectivity index (χ2n) is 3.91. The highest BCUT2D eigenvalue weighted by Crippen LogP contribution is 2.17. The largest absolute Gasteiger partial charge is 0.382 e. The summed E-state index contributed by atoms with van der Waals surface area (Å²) in [6.45, 7) is 3.41. The van der Waals surface area contributed by atoms with Crippen molar-refractivity contribution in [2.75, 3.05) is 20.3 Å². The summed E-state index contributed by atoms with van der Waals surface area (Å²) in [7, 11) is 1.90. The molecule has 1 atom stereocenters.